The third kappa shape index (κ3) is 3.43. The Balaban J connectivity index is 2.39. The van der Waals surface area contributed by atoms with Crippen molar-refractivity contribution in [3.05, 3.63) is 34.9 Å². The van der Waals surface area contributed by atoms with Crippen LogP contribution in [0.25, 0.3) is 0 Å². The maximum Gasteiger partial charge on any atom is 0.162 e. The van der Waals surface area contributed by atoms with Crippen LogP contribution >= 0.6 is 0 Å². The summed E-state index contributed by atoms with van der Waals surface area (Å²) in [7, 11) is 0. The molecule has 2 nitrogen and oxygen atoms in total. The average Bonchev–Trinajstić information content (AvgIpc) is 2.65. The zero-order chi connectivity index (χ0) is 16.5. The number of hydrogen-bond donors (Lipinski definition) is 1. The number of carbonyl (C=O) groups is 1. The van der Waals surface area contributed by atoms with E-state index in [0.717, 1.165) is 19.3 Å². The van der Waals surface area contributed by atoms with Crippen molar-refractivity contribution in [2.75, 3.05) is 0 Å². The second-order valence-corrected chi connectivity index (χ2v) is 7.71. The Labute approximate surface area is 135 Å². The molecule has 0 spiro atoms. The van der Waals surface area contributed by atoms with Gasteiger partial charge in [-0.3, -0.25) is 4.79 Å². The van der Waals surface area contributed by atoms with Crippen molar-refractivity contribution in [1.82, 2.24) is 0 Å². The van der Waals surface area contributed by atoms with E-state index in [1.807, 2.05) is 12.2 Å². The first-order valence-corrected chi connectivity index (χ1v) is 8.51. The van der Waals surface area contributed by atoms with Gasteiger partial charge in [-0.2, -0.15) is 0 Å². The van der Waals surface area contributed by atoms with Crippen LogP contribution in [0.4, 0.5) is 0 Å². The number of aliphatic hydroxyl groups is 1. The molecule has 2 heteroatoms. The van der Waals surface area contributed by atoms with Gasteiger partial charge >= 0.3 is 0 Å². The Bertz CT molecular complexity index is 536. The van der Waals surface area contributed by atoms with Crippen LogP contribution in [-0.4, -0.2) is 17.0 Å². The number of carbonyl (C=O) groups excluding carboxylic acids is 1. The summed E-state index contributed by atoms with van der Waals surface area (Å²) < 4.78 is 0. The number of fused-ring (bicyclic) bond motifs is 1. The molecule has 0 aromatic rings. The smallest absolute Gasteiger partial charge is 0.162 e. The Morgan fingerprint density at radius 3 is 2.59 bits per heavy atom. The lowest BCUT2D eigenvalue weighted by Crippen LogP contribution is -2.31. The first-order valence-electron chi connectivity index (χ1n) is 8.51. The quantitative estimate of drug-likeness (QED) is 0.719. The van der Waals surface area contributed by atoms with Gasteiger partial charge in [-0.05, 0) is 57.4 Å². The summed E-state index contributed by atoms with van der Waals surface area (Å²) in [5.41, 5.74) is 3.40. The van der Waals surface area contributed by atoms with E-state index in [4.69, 9.17) is 0 Å². The normalized spacial score (nSPS) is 38.5. The SMILES string of the molecule is C/C1=C/C(O)C/C(C)=C\CC2(C)C(=O)C=C(C(C)C)C2CC1. The van der Waals surface area contributed by atoms with Crippen LogP contribution in [0.2, 0.25) is 0 Å². The molecule has 0 saturated carbocycles. The fraction of sp³-hybridized carbons (Fsp3) is 0.650. The molecule has 0 saturated heterocycles. The van der Waals surface area contributed by atoms with E-state index in [-0.39, 0.29) is 11.2 Å². The molecule has 22 heavy (non-hydrogen) atoms. The van der Waals surface area contributed by atoms with Crippen LogP contribution in [0.1, 0.15) is 60.3 Å². The summed E-state index contributed by atoms with van der Waals surface area (Å²) in [6.07, 6.45) is 9.05. The molecule has 122 valence electrons. The topological polar surface area (TPSA) is 37.3 Å². The summed E-state index contributed by atoms with van der Waals surface area (Å²) >= 11 is 0. The van der Waals surface area contributed by atoms with E-state index in [2.05, 4.69) is 40.7 Å². The zero-order valence-electron chi connectivity index (χ0n) is 14.6. The molecule has 2 aliphatic rings. The number of aliphatic hydroxyl groups excluding tert-OH is 1. The van der Waals surface area contributed by atoms with Crippen LogP contribution < -0.4 is 0 Å². The second-order valence-electron chi connectivity index (χ2n) is 7.71. The summed E-state index contributed by atoms with van der Waals surface area (Å²) in [4.78, 5) is 12.7. The van der Waals surface area contributed by atoms with Gasteiger partial charge in [-0.15, -0.1) is 0 Å². The van der Waals surface area contributed by atoms with E-state index < -0.39 is 6.10 Å². The Morgan fingerprint density at radius 1 is 1.27 bits per heavy atom. The molecule has 1 N–H and O–H groups in total. The lowest BCUT2D eigenvalue weighted by molar-refractivity contribution is -0.123. The Kier molecular flexibility index (Phi) is 5.11. The lowest BCUT2D eigenvalue weighted by Gasteiger charge is -2.33. The predicted molar refractivity (Wildman–Crippen MR) is 91.5 cm³/mol. The van der Waals surface area contributed by atoms with E-state index in [1.54, 1.807) is 0 Å². The molecular formula is C20H30O2. The highest BCUT2D eigenvalue weighted by molar-refractivity contribution is 5.98. The van der Waals surface area contributed by atoms with Crippen molar-refractivity contribution in [2.24, 2.45) is 17.3 Å². The molecular weight excluding hydrogens is 272 g/mol. The molecule has 0 aromatic heterocycles. The van der Waals surface area contributed by atoms with Gasteiger partial charge < -0.3 is 5.11 Å². The van der Waals surface area contributed by atoms with Gasteiger partial charge in [0, 0.05) is 5.41 Å². The van der Waals surface area contributed by atoms with Gasteiger partial charge in [-0.25, -0.2) is 0 Å². The third-order valence-corrected chi connectivity index (χ3v) is 5.41. The van der Waals surface area contributed by atoms with Gasteiger partial charge in [0.1, 0.15) is 0 Å². The fourth-order valence-corrected chi connectivity index (χ4v) is 3.90. The predicted octanol–water partition coefficient (Wildman–Crippen LogP) is 4.60. The average molecular weight is 302 g/mol. The van der Waals surface area contributed by atoms with Gasteiger partial charge in [-0.1, -0.05) is 49.6 Å². The van der Waals surface area contributed by atoms with Crippen LogP contribution in [0.3, 0.4) is 0 Å². The molecule has 0 radical (unpaired) electrons. The van der Waals surface area contributed by atoms with E-state index in [0.29, 0.717) is 18.3 Å². The van der Waals surface area contributed by atoms with Crippen molar-refractivity contribution in [3.63, 3.8) is 0 Å². The number of allylic oxidation sites excluding steroid dienone is 4. The molecule has 2 aliphatic carbocycles. The minimum Gasteiger partial charge on any atom is -0.389 e. The molecule has 0 bridgehead atoms. The van der Waals surface area contributed by atoms with Crippen molar-refractivity contribution in [2.45, 2.75) is 66.4 Å². The van der Waals surface area contributed by atoms with Gasteiger partial charge in [0.2, 0.25) is 0 Å². The molecule has 0 amide bonds. The van der Waals surface area contributed by atoms with Crippen LogP contribution in [0.5, 0.6) is 0 Å². The van der Waals surface area contributed by atoms with E-state index in [1.165, 1.54) is 16.7 Å². The maximum atomic E-state index is 12.7. The fourth-order valence-electron chi connectivity index (χ4n) is 3.90. The van der Waals surface area contributed by atoms with E-state index >= 15 is 0 Å². The van der Waals surface area contributed by atoms with E-state index in [9.17, 15) is 9.90 Å². The first kappa shape index (κ1) is 17.2. The van der Waals surface area contributed by atoms with Gasteiger partial charge in [0.05, 0.1) is 6.10 Å². The highest BCUT2D eigenvalue weighted by atomic mass is 16.3. The standard InChI is InChI=1S/C20H30O2/c1-13(2)17-12-19(22)20(5)9-8-15(4)11-16(21)10-14(3)6-7-18(17)20/h8,10,12-13,16,18,21H,6-7,9,11H2,1-5H3/b14-10-,15-8-. The Morgan fingerprint density at radius 2 is 1.95 bits per heavy atom. The maximum absolute atomic E-state index is 12.7. The summed E-state index contributed by atoms with van der Waals surface area (Å²) in [5.74, 6) is 1.02. The van der Waals surface area contributed by atoms with Crippen molar-refractivity contribution in [3.8, 4) is 0 Å². The molecule has 0 fully saturated rings. The lowest BCUT2D eigenvalue weighted by atomic mass is 9.69. The number of hydrogen-bond acceptors (Lipinski definition) is 2. The van der Waals surface area contributed by atoms with Crippen LogP contribution in [0, 0.1) is 17.3 Å². The monoisotopic (exact) mass is 302 g/mol. The largest absolute Gasteiger partial charge is 0.389 e. The molecule has 0 aliphatic heterocycles. The van der Waals surface area contributed by atoms with Crippen LogP contribution in [0.15, 0.2) is 34.9 Å². The van der Waals surface area contributed by atoms with Crippen molar-refractivity contribution < 1.29 is 9.90 Å². The first-order chi connectivity index (χ1) is 10.2. The van der Waals surface area contributed by atoms with Crippen molar-refractivity contribution >= 4 is 5.78 Å². The minimum atomic E-state index is -0.405. The molecule has 0 heterocycles. The molecule has 3 unspecified atom stereocenters. The van der Waals surface area contributed by atoms with Gasteiger partial charge in [0.25, 0.3) is 0 Å². The zero-order valence-corrected chi connectivity index (χ0v) is 14.6. The third-order valence-electron chi connectivity index (χ3n) is 5.41. The minimum absolute atomic E-state index is 0.284. The van der Waals surface area contributed by atoms with Gasteiger partial charge in [0.15, 0.2) is 5.78 Å². The molecule has 0 aromatic carbocycles. The van der Waals surface area contributed by atoms with Crippen LogP contribution in [-0.2, 0) is 4.79 Å². The number of rotatable bonds is 1. The highest BCUT2D eigenvalue weighted by Gasteiger charge is 2.46. The molecule has 3 atom stereocenters. The Hall–Kier alpha value is -1.15. The highest BCUT2D eigenvalue weighted by Crippen LogP contribution is 2.48. The number of ketones is 1. The second kappa shape index (κ2) is 6.54. The summed E-state index contributed by atoms with van der Waals surface area (Å²) in [6.45, 7) is 10.6. The summed E-state index contributed by atoms with van der Waals surface area (Å²) in [6, 6.07) is 0. The summed E-state index contributed by atoms with van der Waals surface area (Å²) in [5, 5.41) is 10.1. The molecule has 2 rings (SSSR count). The van der Waals surface area contributed by atoms with Crippen molar-refractivity contribution in [1.29, 1.82) is 0 Å².